The normalized spacial score (nSPS) is 15.3. The number of halogens is 1. The van der Waals surface area contributed by atoms with Gasteiger partial charge in [0.2, 0.25) is 17.7 Å². The summed E-state index contributed by atoms with van der Waals surface area (Å²) in [6.45, 7) is 3.74. The smallest absolute Gasteiger partial charge is 0.243 e. The van der Waals surface area contributed by atoms with Gasteiger partial charge in [0.15, 0.2) is 0 Å². The molecule has 4 N–H and O–H groups in total. The lowest BCUT2D eigenvalue weighted by Crippen LogP contribution is -2.49. The van der Waals surface area contributed by atoms with Crippen molar-refractivity contribution >= 4 is 30.1 Å². The van der Waals surface area contributed by atoms with Crippen LogP contribution >= 0.6 is 12.4 Å². The third kappa shape index (κ3) is 7.00. The minimum atomic E-state index is -0.597. The van der Waals surface area contributed by atoms with Crippen LogP contribution in [0.2, 0.25) is 0 Å². The van der Waals surface area contributed by atoms with Crippen LogP contribution in [0.5, 0.6) is 0 Å². The molecule has 0 aromatic rings. The molecule has 0 aliphatic heterocycles. The van der Waals surface area contributed by atoms with Crippen LogP contribution in [0.25, 0.3) is 0 Å². The van der Waals surface area contributed by atoms with E-state index in [1.54, 1.807) is 0 Å². The molecule has 0 radical (unpaired) electrons. The zero-order valence-corrected chi connectivity index (χ0v) is 12.1. The van der Waals surface area contributed by atoms with E-state index >= 15 is 0 Å². The van der Waals surface area contributed by atoms with Gasteiger partial charge in [0.1, 0.15) is 6.04 Å². The summed E-state index contributed by atoms with van der Waals surface area (Å²) in [4.78, 5) is 34.1. The molecule has 1 rings (SSSR count). The van der Waals surface area contributed by atoms with Gasteiger partial charge in [-0.3, -0.25) is 14.4 Å². The van der Waals surface area contributed by atoms with Crippen molar-refractivity contribution in [3.63, 3.8) is 0 Å². The highest BCUT2D eigenvalue weighted by molar-refractivity contribution is 5.91. The lowest BCUT2D eigenvalue weighted by molar-refractivity contribution is -0.130. The molecule has 7 heteroatoms. The monoisotopic (exact) mass is 291 g/mol. The van der Waals surface area contributed by atoms with Gasteiger partial charge in [-0.15, -0.1) is 12.4 Å². The number of rotatable bonds is 7. The predicted molar refractivity (Wildman–Crippen MR) is 73.6 cm³/mol. The Kier molecular flexibility index (Phi) is 7.44. The van der Waals surface area contributed by atoms with E-state index in [0.29, 0.717) is 6.42 Å². The summed E-state index contributed by atoms with van der Waals surface area (Å²) in [5, 5.41) is 5.15. The van der Waals surface area contributed by atoms with Crippen molar-refractivity contribution in [1.29, 1.82) is 0 Å². The second-order valence-electron chi connectivity index (χ2n) is 5.15. The first-order chi connectivity index (χ1) is 8.40. The molecule has 0 unspecified atom stereocenters. The first-order valence-electron chi connectivity index (χ1n) is 6.26. The topological polar surface area (TPSA) is 101 Å². The second kappa shape index (κ2) is 7.99. The minimum absolute atomic E-state index is 0. The lowest BCUT2D eigenvalue weighted by Gasteiger charge is -2.19. The number of carbonyl (C=O) groups excluding carboxylic acids is 3. The summed E-state index contributed by atoms with van der Waals surface area (Å²) < 4.78 is 0. The fourth-order valence-electron chi connectivity index (χ4n) is 1.64. The number of nitrogens with one attached hydrogen (secondary N) is 2. The summed E-state index contributed by atoms with van der Waals surface area (Å²) in [5.74, 6) is -0.691. The molecule has 110 valence electrons. The molecule has 0 heterocycles. The molecular weight excluding hydrogens is 270 g/mol. The summed E-state index contributed by atoms with van der Waals surface area (Å²) in [6.07, 6.45) is 2.33. The number of hydrogen-bond donors (Lipinski definition) is 3. The van der Waals surface area contributed by atoms with Crippen LogP contribution in [0.1, 0.15) is 33.1 Å². The molecule has 1 fully saturated rings. The predicted octanol–water partition coefficient (Wildman–Crippen LogP) is -0.0494. The summed E-state index contributed by atoms with van der Waals surface area (Å²) in [7, 11) is 0. The molecule has 0 bridgehead atoms. The third-order valence-corrected chi connectivity index (χ3v) is 2.73. The Hall–Kier alpha value is -1.30. The molecule has 6 nitrogen and oxygen atoms in total. The van der Waals surface area contributed by atoms with Gasteiger partial charge in [0.05, 0.1) is 6.54 Å². The molecule has 0 aromatic carbocycles. The summed E-state index contributed by atoms with van der Waals surface area (Å²) in [6, 6.07) is -0.586. The van der Waals surface area contributed by atoms with E-state index in [4.69, 9.17) is 5.73 Å². The maximum atomic E-state index is 11.8. The SMILES string of the molecule is CC(C)C[C@H](NC(=O)C1CC1)C(=O)NCC(N)=O.Cl. The van der Waals surface area contributed by atoms with Gasteiger partial charge >= 0.3 is 0 Å². The van der Waals surface area contributed by atoms with Gasteiger partial charge < -0.3 is 16.4 Å². The number of nitrogens with two attached hydrogens (primary N) is 1. The highest BCUT2D eigenvalue weighted by atomic mass is 35.5. The molecule has 0 saturated heterocycles. The quantitative estimate of drug-likeness (QED) is 0.613. The molecule has 1 aliphatic carbocycles. The van der Waals surface area contributed by atoms with Gasteiger partial charge in [-0.2, -0.15) is 0 Å². The van der Waals surface area contributed by atoms with Crippen LogP contribution in [0.15, 0.2) is 0 Å². The third-order valence-electron chi connectivity index (χ3n) is 2.73. The Morgan fingerprint density at radius 2 is 1.84 bits per heavy atom. The van der Waals surface area contributed by atoms with Crippen molar-refractivity contribution in [2.24, 2.45) is 17.6 Å². The zero-order chi connectivity index (χ0) is 13.7. The van der Waals surface area contributed by atoms with Gasteiger partial charge in [0, 0.05) is 5.92 Å². The van der Waals surface area contributed by atoms with Crippen LogP contribution in [-0.4, -0.2) is 30.3 Å². The second-order valence-corrected chi connectivity index (χ2v) is 5.15. The van der Waals surface area contributed by atoms with E-state index in [-0.39, 0.29) is 42.6 Å². The van der Waals surface area contributed by atoms with Crippen molar-refractivity contribution in [3.05, 3.63) is 0 Å². The Morgan fingerprint density at radius 3 is 2.26 bits per heavy atom. The van der Waals surface area contributed by atoms with Crippen LogP contribution < -0.4 is 16.4 Å². The number of carbonyl (C=O) groups is 3. The van der Waals surface area contributed by atoms with E-state index in [0.717, 1.165) is 12.8 Å². The molecule has 0 aromatic heterocycles. The molecule has 19 heavy (non-hydrogen) atoms. The largest absolute Gasteiger partial charge is 0.368 e. The molecule has 1 saturated carbocycles. The van der Waals surface area contributed by atoms with E-state index < -0.39 is 11.9 Å². The van der Waals surface area contributed by atoms with Gasteiger partial charge in [0.25, 0.3) is 0 Å². The fourth-order valence-corrected chi connectivity index (χ4v) is 1.64. The number of amides is 3. The van der Waals surface area contributed by atoms with Crippen LogP contribution in [0.3, 0.4) is 0 Å². The van der Waals surface area contributed by atoms with E-state index in [1.807, 2.05) is 13.8 Å². The van der Waals surface area contributed by atoms with Crippen molar-refractivity contribution in [3.8, 4) is 0 Å². The molecule has 0 spiro atoms. The van der Waals surface area contributed by atoms with Gasteiger partial charge in [-0.25, -0.2) is 0 Å². The number of primary amides is 1. The summed E-state index contributed by atoms with van der Waals surface area (Å²) in [5.41, 5.74) is 4.96. The highest BCUT2D eigenvalue weighted by Gasteiger charge is 2.32. The average Bonchev–Trinajstić information content (AvgIpc) is 3.07. The Balaban J connectivity index is 0.00000324. The van der Waals surface area contributed by atoms with Crippen molar-refractivity contribution in [2.45, 2.75) is 39.2 Å². The molecule has 3 amide bonds. The first kappa shape index (κ1) is 17.7. The minimum Gasteiger partial charge on any atom is -0.368 e. The van der Waals surface area contributed by atoms with E-state index in [9.17, 15) is 14.4 Å². The molecule has 1 aliphatic rings. The summed E-state index contributed by atoms with van der Waals surface area (Å²) >= 11 is 0. The van der Waals surface area contributed by atoms with Crippen molar-refractivity contribution in [1.82, 2.24) is 10.6 Å². The van der Waals surface area contributed by atoms with Crippen LogP contribution in [0, 0.1) is 11.8 Å². The highest BCUT2D eigenvalue weighted by Crippen LogP contribution is 2.29. The van der Waals surface area contributed by atoms with Gasteiger partial charge in [-0.1, -0.05) is 13.8 Å². The maximum Gasteiger partial charge on any atom is 0.243 e. The zero-order valence-electron chi connectivity index (χ0n) is 11.3. The number of hydrogen-bond acceptors (Lipinski definition) is 3. The van der Waals surface area contributed by atoms with Crippen LogP contribution in [0.4, 0.5) is 0 Å². The van der Waals surface area contributed by atoms with E-state index in [2.05, 4.69) is 10.6 Å². The Labute approximate surface area is 119 Å². The van der Waals surface area contributed by atoms with Crippen LogP contribution in [-0.2, 0) is 14.4 Å². The van der Waals surface area contributed by atoms with Gasteiger partial charge in [-0.05, 0) is 25.2 Å². The van der Waals surface area contributed by atoms with Crippen molar-refractivity contribution < 1.29 is 14.4 Å². The van der Waals surface area contributed by atoms with E-state index in [1.165, 1.54) is 0 Å². The first-order valence-corrected chi connectivity index (χ1v) is 6.26. The fraction of sp³-hybridized carbons (Fsp3) is 0.750. The molecular formula is C12H22ClN3O3. The standard InChI is InChI=1S/C12H21N3O3.ClH/c1-7(2)5-9(12(18)14-6-10(13)16)15-11(17)8-3-4-8;/h7-9H,3-6H2,1-2H3,(H2,13,16)(H,14,18)(H,15,17);1H/t9-;/m0./s1. The Bertz CT molecular complexity index is 343. The average molecular weight is 292 g/mol. The lowest BCUT2D eigenvalue weighted by atomic mass is 10.0. The Morgan fingerprint density at radius 1 is 1.26 bits per heavy atom. The van der Waals surface area contributed by atoms with Crippen molar-refractivity contribution in [2.75, 3.05) is 6.54 Å². The molecule has 1 atom stereocenters. The maximum absolute atomic E-state index is 11.8.